The summed E-state index contributed by atoms with van der Waals surface area (Å²) >= 11 is 0. The third-order valence-electron chi connectivity index (χ3n) is 2.83. The number of guanidine groups is 1. The fourth-order valence-electron chi connectivity index (χ4n) is 1.90. The molecule has 3 rings (SSSR count). The molecule has 0 aliphatic carbocycles. The maximum absolute atomic E-state index is 11.2. The van der Waals surface area contributed by atoms with E-state index in [9.17, 15) is 10.1 Å². The van der Waals surface area contributed by atoms with E-state index in [0.717, 1.165) is 5.69 Å². The van der Waals surface area contributed by atoms with Crippen molar-refractivity contribution in [3.63, 3.8) is 0 Å². The fraction of sp³-hybridized carbons (Fsp3) is 0. The normalized spacial score (nSPS) is 13.9. The Labute approximate surface area is 114 Å². The van der Waals surface area contributed by atoms with E-state index >= 15 is 0 Å². The summed E-state index contributed by atoms with van der Waals surface area (Å²) in [7, 11) is 0. The largest absolute Gasteiger partial charge is 0.626 e. The van der Waals surface area contributed by atoms with E-state index in [1.54, 1.807) is 12.1 Å². The van der Waals surface area contributed by atoms with Crippen LogP contribution in [0.3, 0.4) is 0 Å². The number of rotatable bonds is 2. The van der Waals surface area contributed by atoms with Crippen LogP contribution in [0.4, 0.5) is 11.4 Å². The van der Waals surface area contributed by atoms with Gasteiger partial charge in [-0.15, -0.1) is 0 Å². The van der Waals surface area contributed by atoms with Crippen LogP contribution in [0, 0.1) is 10.1 Å². The van der Waals surface area contributed by atoms with E-state index in [2.05, 4.69) is 11.0 Å². The van der Waals surface area contributed by atoms with Gasteiger partial charge >= 0.3 is 5.96 Å². The number of benzene rings is 2. The van der Waals surface area contributed by atoms with Gasteiger partial charge in [0.05, 0.1) is 4.92 Å². The Morgan fingerprint density at radius 2 is 1.60 bits per heavy atom. The molecule has 0 unspecified atom stereocenters. The summed E-state index contributed by atoms with van der Waals surface area (Å²) in [5, 5.41) is 12.7. The number of hydrazine groups is 3. The molecular formula is C13H12N5O2+. The Bertz CT molecular complexity index is 657. The van der Waals surface area contributed by atoms with Gasteiger partial charge in [0.15, 0.2) is 5.69 Å². The first kappa shape index (κ1) is 12.0. The van der Waals surface area contributed by atoms with Gasteiger partial charge in [-0.1, -0.05) is 52.5 Å². The number of hydrogen-bond acceptors (Lipinski definition) is 5. The van der Waals surface area contributed by atoms with Gasteiger partial charge < -0.3 is 10.1 Å². The lowest BCUT2D eigenvalue weighted by Crippen LogP contribution is -2.44. The van der Waals surface area contributed by atoms with E-state index in [1.165, 1.54) is 9.80 Å². The van der Waals surface area contributed by atoms with Crippen LogP contribution in [0.5, 0.6) is 0 Å². The highest BCUT2D eigenvalue weighted by atomic mass is 16.6. The third-order valence-corrected chi connectivity index (χ3v) is 2.83. The number of hydrogen-bond donors (Lipinski definition) is 2. The number of nitrogens with zero attached hydrogens (tertiary/aromatic N) is 3. The molecule has 2 N–H and O–H groups in total. The summed E-state index contributed by atoms with van der Waals surface area (Å²) in [4.78, 5) is 10.7. The molecule has 2 aromatic rings. The minimum atomic E-state index is -0.469. The molecule has 20 heavy (non-hydrogen) atoms. The van der Waals surface area contributed by atoms with Gasteiger partial charge in [-0.05, 0) is 28.9 Å². The van der Waals surface area contributed by atoms with Crippen molar-refractivity contribution >= 4 is 17.3 Å². The van der Waals surface area contributed by atoms with Gasteiger partial charge in [0, 0.05) is 0 Å². The zero-order valence-electron chi connectivity index (χ0n) is 10.4. The van der Waals surface area contributed by atoms with E-state index < -0.39 is 4.92 Å². The molecule has 1 heterocycles. The number of hydrazone groups is 1. The van der Waals surface area contributed by atoms with Gasteiger partial charge in [0.25, 0.3) is 0 Å². The summed E-state index contributed by atoms with van der Waals surface area (Å²) in [5.41, 5.74) is 7.09. The predicted molar refractivity (Wildman–Crippen MR) is 73.6 cm³/mol. The average molecular weight is 270 g/mol. The van der Waals surface area contributed by atoms with E-state index in [-0.39, 0.29) is 5.96 Å². The summed E-state index contributed by atoms with van der Waals surface area (Å²) < 4.78 is 1.38. The van der Waals surface area contributed by atoms with Crippen molar-refractivity contribution < 1.29 is 9.61 Å². The molecule has 2 aromatic carbocycles. The molecule has 0 atom stereocenters. The van der Waals surface area contributed by atoms with Crippen molar-refractivity contribution in [2.75, 3.05) is 5.12 Å². The lowest BCUT2D eigenvalue weighted by molar-refractivity contribution is -0.549. The quantitative estimate of drug-likeness (QED) is 0.490. The first-order chi connectivity index (χ1) is 9.75. The average Bonchev–Trinajstić information content (AvgIpc) is 2.94. The Morgan fingerprint density at radius 3 is 2.20 bits per heavy atom. The second kappa shape index (κ2) is 4.88. The van der Waals surface area contributed by atoms with E-state index in [4.69, 9.17) is 0 Å². The van der Waals surface area contributed by atoms with Gasteiger partial charge in [-0.3, -0.25) is 0 Å². The molecule has 100 valence electrons. The molecule has 0 amide bonds. The van der Waals surface area contributed by atoms with Crippen molar-refractivity contribution in [2.24, 2.45) is 0 Å². The van der Waals surface area contributed by atoms with Crippen LogP contribution in [-0.2, 0) is 0 Å². The van der Waals surface area contributed by atoms with Gasteiger partial charge in [-0.2, -0.15) is 0 Å². The SMILES string of the molecule is O=[N+]([O-])C1=[N+](c2ccccc2)NN(c2ccccc2)N1. The summed E-state index contributed by atoms with van der Waals surface area (Å²) in [6.45, 7) is 0. The van der Waals surface area contributed by atoms with Gasteiger partial charge in [0.2, 0.25) is 0 Å². The molecule has 1 aliphatic heterocycles. The molecule has 7 nitrogen and oxygen atoms in total. The number of para-hydroxylation sites is 2. The third kappa shape index (κ3) is 2.12. The maximum Gasteiger partial charge on any atom is 0.626 e. The van der Waals surface area contributed by atoms with Gasteiger partial charge in [-0.25, -0.2) is 0 Å². The predicted octanol–water partition coefficient (Wildman–Crippen LogP) is 1.41. The van der Waals surface area contributed by atoms with Crippen molar-refractivity contribution in [3.8, 4) is 0 Å². The van der Waals surface area contributed by atoms with Gasteiger partial charge in [0.1, 0.15) is 5.69 Å². The smallest absolute Gasteiger partial charge is 0.320 e. The molecule has 1 aliphatic rings. The molecule has 0 spiro atoms. The van der Waals surface area contributed by atoms with Crippen molar-refractivity contribution in [3.05, 3.63) is 70.8 Å². The number of nitrogens with one attached hydrogen (secondary N) is 2. The Kier molecular flexibility index (Phi) is 2.92. The minimum absolute atomic E-state index is 0.153. The first-order valence-electron chi connectivity index (χ1n) is 6.00. The summed E-state index contributed by atoms with van der Waals surface area (Å²) in [6.07, 6.45) is 0. The summed E-state index contributed by atoms with van der Waals surface area (Å²) in [6, 6.07) is 18.3. The molecule has 0 bridgehead atoms. The summed E-state index contributed by atoms with van der Waals surface area (Å²) in [5.74, 6) is -0.153. The Hall–Kier alpha value is -3.09. The highest BCUT2D eigenvalue weighted by Gasteiger charge is 2.40. The van der Waals surface area contributed by atoms with Crippen LogP contribution in [0.25, 0.3) is 0 Å². The molecule has 0 radical (unpaired) electrons. The van der Waals surface area contributed by atoms with Crippen LogP contribution >= 0.6 is 0 Å². The second-order valence-electron chi connectivity index (χ2n) is 4.13. The highest BCUT2D eigenvalue weighted by molar-refractivity contribution is 5.71. The van der Waals surface area contributed by atoms with Crippen molar-refractivity contribution in [1.29, 1.82) is 0 Å². The van der Waals surface area contributed by atoms with Crippen LogP contribution in [0.1, 0.15) is 0 Å². The van der Waals surface area contributed by atoms with Crippen LogP contribution < -0.4 is 16.1 Å². The topological polar surface area (TPSA) is 73.5 Å². The molecular weight excluding hydrogens is 258 g/mol. The van der Waals surface area contributed by atoms with Crippen LogP contribution in [0.2, 0.25) is 0 Å². The van der Waals surface area contributed by atoms with E-state index in [0.29, 0.717) is 5.69 Å². The monoisotopic (exact) mass is 270 g/mol. The fourth-order valence-corrected chi connectivity index (χ4v) is 1.90. The number of anilines is 1. The maximum atomic E-state index is 11.2. The van der Waals surface area contributed by atoms with Crippen LogP contribution in [-0.4, -0.2) is 15.6 Å². The van der Waals surface area contributed by atoms with Crippen molar-refractivity contribution in [1.82, 2.24) is 11.0 Å². The highest BCUT2D eigenvalue weighted by Crippen LogP contribution is 2.16. The standard InChI is InChI=1S/C13H11N5O2/c19-18(20)13-14-17(12-9-5-2-6-10-12)15-16(13)11-7-3-1-4-8-11/h1-10,15H/p+1. The zero-order valence-corrected chi connectivity index (χ0v) is 10.4. The second-order valence-corrected chi connectivity index (χ2v) is 4.13. The lowest BCUT2D eigenvalue weighted by Gasteiger charge is -2.09. The van der Waals surface area contributed by atoms with E-state index in [1.807, 2.05) is 48.5 Å². The first-order valence-corrected chi connectivity index (χ1v) is 6.00. The molecule has 0 aromatic heterocycles. The molecule has 7 heteroatoms. The lowest BCUT2D eigenvalue weighted by atomic mass is 10.3. The van der Waals surface area contributed by atoms with Crippen LogP contribution in [0.15, 0.2) is 60.7 Å². The molecule has 0 saturated carbocycles. The number of nitro groups is 1. The zero-order chi connectivity index (χ0) is 13.9. The minimum Gasteiger partial charge on any atom is -0.320 e. The molecule has 0 fully saturated rings. The Morgan fingerprint density at radius 1 is 1.00 bits per heavy atom. The Balaban J connectivity index is 1.95. The molecule has 0 saturated heterocycles. The van der Waals surface area contributed by atoms with Crippen molar-refractivity contribution in [2.45, 2.75) is 0 Å².